The van der Waals surface area contributed by atoms with Gasteiger partial charge in [-0.05, 0) is 47.9 Å². The SMILES string of the molecule is COc1ccc(C(=O)N(CCN2CCOCC2)Cc2cnc(S(=O)(=O)Cc3ccccc3C)n2Cc2ccccc2)cc1. The number of carbonyl (C=O) groups is 1. The Labute approximate surface area is 253 Å². The molecule has 1 fully saturated rings. The summed E-state index contributed by atoms with van der Waals surface area (Å²) in [6.07, 6.45) is 1.59. The van der Waals surface area contributed by atoms with E-state index in [1.807, 2.05) is 61.5 Å². The maximum atomic E-state index is 13.9. The van der Waals surface area contributed by atoms with Crippen LogP contribution in [0.2, 0.25) is 0 Å². The van der Waals surface area contributed by atoms with Gasteiger partial charge in [0.1, 0.15) is 5.75 Å². The van der Waals surface area contributed by atoms with Gasteiger partial charge in [0.2, 0.25) is 15.0 Å². The normalized spacial score (nSPS) is 14.0. The lowest BCUT2D eigenvalue weighted by Gasteiger charge is -2.30. The number of amides is 1. The number of rotatable bonds is 12. The van der Waals surface area contributed by atoms with Crippen molar-refractivity contribution in [2.75, 3.05) is 46.5 Å². The van der Waals surface area contributed by atoms with Crippen molar-refractivity contribution in [2.24, 2.45) is 0 Å². The molecular weight excluding hydrogens is 564 g/mol. The van der Waals surface area contributed by atoms with Crippen LogP contribution in [0.1, 0.15) is 32.7 Å². The van der Waals surface area contributed by atoms with E-state index in [0.717, 1.165) is 29.8 Å². The number of hydrogen-bond acceptors (Lipinski definition) is 7. The molecule has 9 nitrogen and oxygen atoms in total. The van der Waals surface area contributed by atoms with E-state index in [0.29, 0.717) is 49.9 Å². The highest BCUT2D eigenvalue weighted by atomic mass is 32.2. The molecule has 0 radical (unpaired) electrons. The summed E-state index contributed by atoms with van der Waals surface area (Å²) in [6, 6.07) is 24.2. The fourth-order valence-corrected chi connectivity index (χ4v) is 6.79. The first-order chi connectivity index (χ1) is 20.8. The molecule has 10 heteroatoms. The third kappa shape index (κ3) is 7.70. The van der Waals surface area contributed by atoms with E-state index in [1.54, 1.807) is 47.0 Å². The topological polar surface area (TPSA) is 94.0 Å². The number of aryl methyl sites for hydroxylation is 1. The molecule has 0 spiro atoms. The molecule has 0 saturated carbocycles. The maximum Gasteiger partial charge on any atom is 0.254 e. The monoisotopic (exact) mass is 602 g/mol. The molecule has 1 aliphatic rings. The average Bonchev–Trinajstić information content (AvgIpc) is 3.43. The standard InChI is InChI=1S/C33H38N4O5S/c1-26-8-6-7-11-29(26)25-43(39,40)33-34-22-30(37(33)23-27-9-4-3-5-10-27)24-36(17-16-35-18-20-42-21-19-35)32(38)28-12-14-31(41-2)15-13-28/h3-15,22H,16-21,23-25H2,1-2H3. The number of methoxy groups -OCH3 is 1. The van der Waals surface area contributed by atoms with E-state index >= 15 is 0 Å². The molecule has 1 saturated heterocycles. The fourth-order valence-electron chi connectivity index (χ4n) is 5.19. The van der Waals surface area contributed by atoms with Gasteiger partial charge < -0.3 is 18.9 Å². The highest BCUT2D eigenvalue weighted by molar-refractivity contribution is 7.90. The van der Waals surface area contributed by atoms with Crippen molar-refractivity contribution < 1.29 is 22.7 Å². The van der Waals surface area contributed by atoms with Crippen LogP contribution in [0.15, 0.2) is 90.2 Å². The van der Waals surface area contributed by atoms with Gasteiger partial charge in [-0.3, -0.25) is 9.69 Å². The summed E-state index contributed by atoms with van der Waals surface area (Å²) in [4.78, 5) is 22.4. The Kier molecular flexibility index (Phi) is 9.91. The lowest BCUT2D eigenvalue weighted by Crippen LogP contribution is -2.43. The Morgan fingerprint density at radius 2 is 1.67 bits per heavy atom. The number of sulfone groups is 1. The highest BCUT2D eigenvalue weighted by Crippen LogP contribution is 2.23. The molecule has 3 aromatic carbocycles. The summed E-state index contributed by atoms with van der Waals surface area (Å²) < 4.78 is 40.1. The van der Waals surface area contributed by atoms with E-state index in [-0.39, 0.29) is 23.4 Å². The molecule has 0 bridgehead atoms. The number of nitrogens with zero attached hydrogens (tertiary/aromatic N) is 4. The van der Waals surface area contributed by atoms with Crippen molar-refractivity contribution in [3.63, 3.8) is 0 Å². The molecule has 226 valence electrons. The van der Waals surface area contributed by atoms with Gasteiger partial charge in [-0.25, -0.2) is 13.4 Å². The van der Waals surface area contributed by atoms with Gasteiger partial charge in [0, 0.05) is 31.7 Å². The van der Waals surface area contributed by atoms with Gasteiger partial charge in [0.25, 0.3) is 5.91 Å². The van der Waals surface area contributed by atoms with E-state index < -0.39 is 9.84 Å². The molecule has 1 amide bonds. The number of aromatic nitrogens is 2. The third-order valence-corrected chi connectivity index (χ3v) is 9.31. The van der Waals surface area contributed by atoms with Crippen molar-refractivity contribution in [1.29, 1.82) is 0 Å². The van der Waals surface area contributed by atoms with Gasteiger partial charge in [0.05, 0.1) is 51.1 Å². The van der Waals surface area contributed by atoms with Crippen LogP contribution in [0.3, 0.4) is 0 Å². The third-order valence-electron chi connectivity index (χ3n) is 7.74. The molecule has 0 N–H and O–H groups in total. The van der Waals surface area contributed by atoms with Gasteiger partial charge in [-0.1, -0.05) is 54.6 Å². The first-order valence-electron chi connectivity index (χ1n) is 14.4. The average molecular weight is 603 g/mol. The second kappa shape index (κ2) is 14.0. The van der Waals surface area contributed by atoms with Crippen molar-refractivity contribution in [3.05, 3.63) is 113 Å². The summed E-state index contributed by atoms with van der Waals surface area (Å²) in [7, 11) is -2.21. The minimum Gasteiger partial charge on any atom is -0.497 e. The van der Waals surface area contributed by atoms with Crippen LogP contribution >= 0.6 is 0 Å². The Hall–Kier alpha value is -3.99. The first kappa shape index (κ1) is 30.5. The molecule has 5 rings (SSSR count). The molecule has 0 aliphatic carbocycles. The highest BCUT2D eigenvalue weighted by Gasteiger charge is 2.27. The number of carbonyl (C=O) groups excluding carboxylic acids is 1. The number of benzene rings is 3. The van der Waals surface area contributed by atoms with Crippen molar-refractivity contribution in [1.82, 2.24) is 19.4 Å². The number of hydrogen-bond donors (Lipinski definition) is 0. The zero-order valence-corrected chi connectivity index (χ0v) is 25.5. The van der Waals surface area contributed by atoms with E-state index in [1.165, 1.54) is 0 Å². The zero-order chi connectivity index (χ0) is 30.2. The van der Waals surface area contributed by atoms with E-state index in [9.17, 15) is 13.2 Å². The number of imidazole rings is 1. The zero-order valence-electron chi connectivity index (χ0n) is 24.7. The van der Waals surface area contributed by atoms with Crippen LogP contribution < -0.4 is 4.74 Å². The summed E-state index contributed by atoms with van der Waals surface area (Å²) in [6.45, 7) is 6.50. The van der Waals surface area contributed by atoms with Gasteiger partial charge in [-0.15, -0.1) is 0 Å². The van der Waals surface area contributed by atoms with Crippen LogP contribution in [-0.4, -0.2) is 80.2 Å². The summed E-state index contributed by atoms with van der Waals surface area (Å²) in [5.74, 6) is 0.365. The van der Waals surface area contributed by atoms with Crippen molar-refractivity contribution in [2.45, 2.75) is 30.9 Å². The van der Waals surface area contributed by atoms with Crippen molar-refractivity contribution >= 4 is 15.7 Å². The number of morpholine rings is 1. The lowest BCUT2D eigenvalue weighted by atomic mass is 10.1. The van der Waals surface area contributed by atoms with E-state index in [2.05, 4.69) is 9.88 Å². The lowest BCUT2D eigenvalue weighted by molar-refractivity contribution is 0.0319. The van der Waals surface area contributed by atoms with Crippen LogP contribution in [0.5, 0.6) is 5.75 Å². The molecule has 0 unspecified atom stereocenters. The van der Waals surface area contributed by atoms with Crippen LogP contribution in [0, 0.1) is 6.92 Å². The Balaban J connectivity index is 1.48. The minimum absolute atomic E-state index is 0.000341. The summed E-state index contributed by atoms with van der Waals surface area (Å²) >= 11 is 0. The molecule has 1 aliphatic heterocycles. The van der Waals surface area contributed by atoms with Crippen LogP contribution in [-0.2, 0) is 33.4 Å². The second-order valence-corrected chi connectivity index (χ2v) is 12.6. The minimum atomic E-state index is -3.80. The predicted octanol–water partition coefficient (Wildman–Crippen LogP) is 4.20. The molecule has 0 atom stereocenters. The molecule has 4 aromatic rings. The maximum absolute atomic E-state index is 13.9. The van der Waals surface area contributed by atoms with Gasteiger partial charge in [0.15, 0.2) is 0 Å². The quantitative estimate of drug-likeness (QED) is 0.240. The van der Waals surface area contributed by atoms with Crippen LogP contribution in [0.4, 0.5) is 0 Å². The van der Waals surface area contributed by atoms with Crippen molar-refractivity contribution in [3.8, 4) is 5.75 Å². The van der Waals surface area contributed by atoms with E-state index in [4.69, 9.17) is 9.47 Å². The van der Waals surface area contributed by atoms with Crippen LogP contribution in [0.25, 0.3) is 0 Å². The Morgan fingerprint density at radius 1 is 0.977 bits per heavy atom. The molecule has 43 heavy (non-hydrogen) atoms. The molecular formula is C33H38N4O5S. The summed E-state index contributed by atoms with van der Waals surface area (Å²) in [5.41, 5.74) is 3.77. The van der Waals surface area contributed by atoms with Gasteiger partial charge in [-0.2, -0.15) is 0 Å². The van der Waals surface area contributed by atoms with Gasteiger partial charge >= 0.3 is 0 Å². The first-order valence-corrected chi connectivity index (χ1v) is 16.1. The molecule has 2 heterocycles. The molecule has 1 aromatic heterocycles. The predicted molar refractivity (Wildman–Crippen MR) is 165 cm³/mol. The second-order valence-electron chi connectivity index (χ2n) is 10.7. The smallest absolute Gasteiger partial charge is 0.254 e. The number of ether oxygens (including phenoxy) is 2. The Bertz CT molecular complexity index is 1610. The largest absolute Gasteiger partial charge is 0.497 e. The Morgan fingerprint density at radius 3 is 2.37 bits per heavy atom. The summed E-state index contributed by atoms with van der Waals surface area (Å²) in [5, 5.41) is -0.000341. The fraction of sp³-hybridized carbons (Fsp3) is 0.333.